The zero-order valence-corrected chi connectivity index (χ0v) is 11.8. The molecule has 0 aliphatic carbocycles. The summed E-state index contributed by atoms with van der Waals surface area (Å²) in [5, 5.41) is 28.2. The third-order valence-corrected chi connectivity index (χ3v) is 4.12. The molecule has 1 fully saturated rings. The van der Waals surface area contributed by atoms with E-state index in [1.54, 1.807) is 0 Å². The van der Waals surface area contributed by atoms with Gasteiger partial charge in [0, 0.05) is 12.5 Å². The Hall–Kier alpha value is -0.540. The second-order valence-electron chi connectivity index (χ2n) is 4.82. The van der Waals surface area contributed by atoms with Crippen molar-refractivity contribution < 1.29 is 43.7 Å². The Balaban J connectivity index is 3.19. The number of phosphoric ester groups is 1. The van der Waals surface area contributed by atoms with Gasteiger partial charge in [0.05, 0.1) is 19.3 Å². The SMILES string of the molecule is CC1(OP(=O)(O)O)C(=O)OCCC(C(O)CO)C1CO. The maximum absolute atomic E-state index is 11.9. The highest BCUT2D eigenvalue weighted by atomic mass is 31.2. The van der Waals surface area contributed by atoms with Crippen LogP contribution in [0.3, 0.4) is 0 Å². The van der Waals surface area contributed by atoms with Crippen LogP contribution in [0.4, 0.5) is 0 Å². The molecule has 0 bridgehead atoms. The highest BCUT2D eigenvalue weighted by molar-refractivity contribution is 7.46. The van der Waals surface area contributed by atoms with E-state index < -0.39 is 50.5 Å². The average Bonchev–Trinajstić information content (AvgIpc) is 2.44. The number of phosphoric acid groups is 1. The molecule has 0 amide bonds. The van der Waals surface area contributed by atoms with Gasteiger partial charge in [0.1, 0.15) is 0 Å². The van der Waals surface area contributed by atoms with Crippen molar-refractivity contribution in [3.05, 3.63) is 0 Å². The third-order valence-electron chi connectivity index (χ3n) is 3.50. The number of aliphatic hydroxyl groups is 3. The van der Waals surface area contributed by atoms with Crippen LogP contribution in [0, 0.1) is 11.8 Å². The van der Waals surface area contributed by atoms with Crippen molar-refractivity contribution in [1.29, 1.82) is 0 Å². The van der Waals surface area contributed by atoms with E-state index in [9.17, 15) is 19.6 Å². The van der Waals surface area contributed by atoms with Gasteiger partial charge >= 0.3 is 13.8 Å². The van der Waals surface area contributed by atoms with Gasteiger partial charge < -0.3 is 29.8 Å². The fourth-order valence-corrected chi connectivity index (χ4v) is 3.15. The summed E-state index contributed by atoms with van der Waals surface area (Å²) in [6.45, 7) is -0.330. The average molecular weight is 314 g/mol. The van der Waals surface area contributed by atoms with E-state index in [4.69, 9.17) is 19.6 Å². The van der Waals surface area contributed by atoms with Crippen LogP contribution in [-0.4, -0.2) is 62.6 Å². The molecule has 10 heteroatoms. The molecule has 0 spiro atoms. The number of aliphatic hydroxyl groups excluding tert-OH is 3. The lowest BCUT2D eigenvalue weighted by Gasteiger charge is -2.37. The maximum atomic E-state index is 11.9. The highest BCUT2D eigenvalue weighted by Gasteiger charge is 2.53. The summed E-state index contributed by atoms with van der Waals surface area (Å²) in [5.74, 6) is -2.98. The van der Waals surface area contributed by atoms with Gasteiger partial charge in [-0.05, 0) is 19.3 Å². The summed E-state index contributed by atoms with van der Waals surface area (Å²) in [6.07, 6.45) is -1.15. The molecule has 1 aliphatic rings. The summed E-state index contributed by atoms with van der Waals surface area (Å²) >= 11 is 0. The summed E-state index contributed by atoms with van der Waals surface area (Å²) in [7, 11) is -5.03. The Bertz CT molecular complexity index is 394. The van der Waals surface area contributed by atoms with Gasteiger partial charge in [0.25, 0.3) is 0 Å². The molecule has 20 heavy (non-hydrogen) atoms. The second-order valence-corrected chi connectivity index (χ2v) is 5.98. The lowest BCUT2D eigenvalue weighted by Crippen LogP contribution is -2.51. The van der Waals surface area contributed by atoms with E-state index in [1.165, 1.54) is 0 Å². The quantitative estimate of drug-likeness (QED) is 0.297. The first kappa shape index (κ1) is 17.5. The van der Waals surface area contributed by atoms with Gasteiger partial charge in [-0.1, -0.05) is 0 Å². The number of carbonyl (C=O) groups excluding carboxylic acids is 1. The van der Waals surface area contributed by atoms with Gasteiger partial charge in [0.15, 0.2) is 5.60 Å². The van der Waals surface area contributed by atoms with E-state index in [0.717, 1.165) is 6.92 Å². The summed E-state index contributed by atoms with van der Waals surface area (Å²) < 4.78 is 20.4. The maximum Gasteiger partial charge on any atom is 0.470 e. The molecule has 118 valence electrons. The van der Waals surface area contributed by atoms with Crippen molar-refractivity contribution in [2.24, 2.45) is 11.8 Å². The molecule has 0 radical (unpaired) electrons. The molecular weight excluding hydrogens is 295 g/mol. The van der Waals surface area contributed by atoms with E-state index in [-0.39, 0.29) is 13.0 Å². The van der Waals surface area contributed by atoms with Gasteiger partial charge in [-0.3, -0.25) is 4.52 Å². The molecule has 0 aromatic heterocycles. The molecule has 4 atom stereocenters. The van der Waals surface area contributed by atoms with Crippen LogP contribution in [0.15, 0.2) is 0 Å². The Morgan fingerprint density at radius 2 is 2.10 bits per heavy atom. The molecule has 1 rings (SSSR count). The standard InChI is InChI=1S/C10H19O9P/c1-10(19-20(15,16)17)7(4-11)6(8(13)5-12)2-3-18-9(10)14/h6-8,11-13H,2-5H2,1H3,(H2,15,16,17). The lowest BCUT2D eigenvalue weighted by atomic mass is 9.76. The van der Waals surface area contributed by atoms with Crippen molar-refractivity contribution in [1.82, 2.24) is 0 Å². The number of hydrogen-bond donors (Lipinski definition) is 5. The molecule has 1 saturated heterocycles. The predicted octanol–water partition coefficient (Wildman–Crippen LogP) is -1.62. The number of carbonyl (C=O) groups is 1. The number of esters is 1. The minimum atomic E-state index is -5.03. The molecule has 0 aromatic rings. The van der Waals surface area contributed by atoms with Crippen molar-refractivity contribution in [3.63, 3.8) is 0 Å². The number of cyclic esters (lactones) is 1. The topological polar surface area (TPSA) is 154 Å². The van der Waals surface area contributed by atoms with Gasteiger partial charge in [-0.25, -0.2) is 9.36 Å². The first-order chi connectivity index (χ1) is 9.15. The monoisotopic (exact) mass is 314 g/mol. The molecule has 1 heterocycles. The fourth-order valence-electron chi connectivity index (χ4n) is 2.45. The number of ether oxygens (including phenoxy) is 1. The van der Waals surface area contributed by atoms with E-state index >= 15 is 0 Å². The normalized spacial score (nSPS) is 33.4. The van der Waals surface area contributed by atoms with E-state index in [1.807, 2.05) is 0 Å². The van der Waals surface area contributed by atoms with Crippen LogP contribution in [-0.2, 0) is 18.6 Å². The second kappa shape index (κ2) is 6.48. The largest absolute Gasteiger partial charge is 0.470 e. The molecular formula is C10H19O9P. The van der Waals surface area contributed by atoms with Crippen LogP contribution < -0.4 is 0 Å². The van der Waals surface area contributed by atoms with Gasteiger partial charge in [-0.15, -0.1) is 0 Å². The number of hydrogen-bond acceptors (Lipinski definition) is 7. The van der Waals surface area contributed by atoms with Crippen LogP contribution in [0.5, 0.6) is 0 Å². The first-order valence-electron chi connectivity index (χ1n) is 5.99. The molecule has 9 nitrogen and oxygen atoms in total. The molecule has 1 aliphatic heterocycles. The number of rotatable bonds is 5. The van der Waals surface area contributed by atoms with Gasteiger partial charge in [-0.2, -0.15) is 0 Å². The van der Waals surface area contributed by atoms with Crippen LogP contribution >= 0.6 is 7.82 Å². The fraction of sp³-hybridized carbons (Fsp3) is 0.900. The molecule has 4 unspecified atom stereocenters. The van der Waals surface area contributed by atoms with Crippen molar-refractivity contribution in [3.8, 4) is 0 Å². The Kier molecular flexibility index (Phi) is 5.68. The van der Waals surface area contributed by atoms with E-state index in [2.05, 4.69) is 4.52 Å². The van der Waals surface area contributed by atoms with Crippen molar-refractivity contribution in [2.75, 3.05) is 19.8 Å². The van der Waals surface area contributed by atoms with Crippen LogP contribution in [0.25, 0.3) is 0 Å². The molecule has 5 N–H and O–H groups in total. The molecule has 0 saturated carbocycles. The van der Waals surface area contributed by atoms with Crippen LogP contribution in [0.2, 0.25) is 0 Å². The highest BCUT2D eigenvalue weighted by Crippen LogP contribution is 2.47. The zero-order valence-electron chi connectivity index (χ0n) is 10.9. The third kappa shape index (κ3) is 3.76. The van der Waals surface area contributed by atoms with Crippen molar-refractivity contribution in [2.45, 2.75) is 25.0 Å². The van der Waals surface area contributed by atoms with Crippen molar-refractivity contribution >= 4 is 13.8 Å². The lowest BCUT2D eigenvalue weighted by molar-refractivity contribution is -0.168. The smallest absolute Gasteiger partial charge is 0.464 e. The Morgan fingerprint density at radius 3 is 2.55 bits per heavy atom. The molecule has 0 aromatic carbocycles. The van der Waals surface area contributed by atoms with Gasteiger partial charge in [0.2, 0.25) is 0 Å². The predicted molar refractivity (Wildman–Crippen MR) is 64.3 cm³/mol. The first-order valence-corrected chi connectivity index (χ1v) is 7.52. The summed E-state index contributed by atoms with van der Waals surface area (Å²) in [4.78, 5) is 29.7. The Labute approximate surface area is 115 Å². The Morgan fingerprint density at radius 1 is 1.50 bits per heavy atom. The summed E-state index contributed by atoms with van der Waals surface area (Å²) in [6, 6.07) is 0. The minimum absolute atomic E-state index is 0.114. The van der Waals surface area contributed by atoms with E-state index in [0.29, 0.717) is 0 Å². The zero-order chi connectivity index (χ0) is 15.6. The minimum Gasteiger partial charge on any atom is -0.464 e. The summed E-state index contributed by atoms with van der Waals surface area (Å²) in [5.41, 5.74) is -2.12. The van der Waals surface area contributed by atoms with Crippen LogP contribution in [0.1, 0.15) is 13.3 Å².